The van der Waals surface area contributed by atoms with Crippen LogP contribution in [0.3, 0.4) is 0 Å². The Hall–Kier alpha value is -0.500. The van der Waals surface area contributed by atoms with E-state index in [9.17, 15) is 0 Å². The van der Waals surface area contributed by atoms with Gasteiger partial charge < -0.3 is 5.73 Å². The van der Waals surface area contributed by atoms with Gasteiger partial charge in [0.15, 0.2) is 0 Å². The van der Waals surface area contributed by atoms with Crippen LogP contribution in [-0.2, 0) is 0 Å². The van der Waals surface area contributed by atoms with Crippen molar-refractivity contribution in [3.63, 3.8) is 0 Å². The maximum absolute atomic E-state index is 5.65. The van der Waals surface area contributed by atoms with Crippen molar-refractivity contribution in [1.82, 2.24) is 0 Å². The molecule has 1 heterocycles. The van der Waals surface area contributed by atoms with Gasteiger partial charge in [0, 0.05) is 10.6 Å². The molecule has 9 heavy (non-hydrogen) atoms. The zero-order valence-electron chi connectivity index (χ0n) is 5.72. The Morgan fingerprint density at radius 1 is 1.56 bits per heavy atom. The van der Waals surface area contributed by atoms with Crippen molar-refractivity contribution in [1.29, 1.82) is 0 Å². The van der Waals surface area contributed by atoms with Crippen LogP contribution in [0.5, 0.6) is 0 Å². The smallest absolute Gasteiger partial charge is 0.0458 e. The lowest BCUT2D eigenvalue weighted by atomic mass is 10.1. The molecule has 1 rings (SSSR count). The minimum atomic E-state index is 0.574. The minimum absolute atomic E-state index is 0.574. The van der Waals surface area contributed by atoms with Crippen LogP contribution in [-0.4, -0.2) is 0 Å². The second-order valence-electron chi connectivity index (χ2n) is 2.39. The van der Waals surface area contributed by atoms with Crippen LogP contribution >= 0.6 is 11.3 Å². The molecule has 0 unspecified atom stereocenters. The van der Waals surface area contributed by atoms with E-state index in [1.165, 1.54) is 4.88 Å². The van der Waals surface area contributed by atoms with E-state index in [2.05, 4.69) is 13.8 Å². The Kier molecular flexibility index (Phi) is 1.76. The van der Waals surface area contributed by atoms with Crippen LogP contribution in [0.1, 0.15) is 24.6 Å². The highest BCUT2D eigenvalue weighted by atomic mass is 32.1. The van der Waals surface area contributed by atoms with Gasteiger partial charge in [0.1, 0.15) is 0 Å². The molecule has 1 aromatic heterocycles. The lowest BCUT2D eigenvalue weighted by molar-refractivity contribution is 0.892. The fraction of sp³-hybridized carbons (Fsp3) is 0.429. The molecule has 0 atom stereocenters. The zero-order chi connectivity index (χ0) is 6.85. The first-order valence-corrected chi connectivity index (χ1v) is 3.92. The molecule has 0 aliphatic heterocycles. The highest BCUT2D eigenvalue weighted by Gasteiger charge is 2.03. The molecule has 0 saturated carbocycles. The molecule has 0 radical (unpaired) electrons. The second-order valence-corrected chi connectivity index (χ2v) is 3.34. The molecule has 2 N–H and O–H groups in total. The van der Waals surface area contributed by atoms with Gasteiger partial charge in [-0.2, -0.15) is 0 Å². The summed E-state index contributed by atoms with van der Waals surface area (Å²) in [6.07, 6.45) is 0. The largest absolute Gasteiger partial charge is 0.398 e. The molecular formula is C7H11NS. The normalized spacial score (nSPS) is 10.6. The van der Waals surface area contributed by atoms with E-state index in [-0.39, 0.29) is 0 Å². The van der Waals surface area contributed by atoms with Crippen LogP contribution in [0.25, 0.3) is 0 Å². The van der Waals surface area contributed by atoms with Gasteiger partial charge >= 0.3 is 0 Å². The van der Waals surface area contributed by atoms with Gasteiger partial charge in [-0.15, -0.1) is 11.3 Å². The molecule has 0 saturated heterocycles. The maximum Gasteiger partial charge on any atom is 0.0458 e. The summed E-state index contributed by atoms with van der Waals surface area (Å²) in [5.74, 6) is 0.574. The molecule has 0 bridgehead atoms. The predicted molar refractivity (Wildman–Crippen MR) is 42.8 cm³/mol. The second kappa shape index (κ2) is 2.40. The first-order chi connectivity index (χ1) is 4.22. The van der Waals surface area contributed by atoms with E-state index in [0.29, 0.717) is 5.92 Å². The summed E-state index contributed by atoms with van der Waals surface area (Å²) >= 11 is 1.73. The monoisotopic (exact) mass is 141 g/mol. The molecule has 0 aromatic carbocycles. The topological polar surface area (TPSA) is 26.0 Å². The van der Waals surface area contributed by atoms with Crippen LogP contribution in [0.4, 0.5) is 5.69 Å². The van der Waals surface area contributed by atoms with E-state index < -0.39 is 0 Å². The Labute approximate surface area is 59.5 Å². The minimum Gasteiger partial charge on any atom is -0.398 e. The first kappa shape index (κ1) is 6.62. The zero-order valence-corrected chi connectivity index (χ0v) is 6.53. The average Bonchev–Trinajstić information content (AvgIpc) is 2.13. The summed E-state index contributed by atoms with van der Waals surface area (Å²) < 4.78 is 0. The number of hydrogen-bond donors (Lipinski definition) is 1. The Balaban J connectivity index is 2.94. The third-order valence-electron chi connectivity index (χ3n) is 1.25. The van der Waals surface area contributed by atoms with Crippen molar-refractivity contribution < 1.29 is 0 Å². The molecule has 0 spiro atoms. The summed E-state index contributed by atoms with van der Waals surface area (Å²) in [6, 6.07) is 1.96. The van der Waals surface area contributed by atoms with E-state index in [4.69, 9.17) is 5.73 Å². The third kappa shape index (κ3) is 1.24. The van der Waals surface area contributed by atoms with Gasteiger partial charge in [0.05, 0.1) is 0 Å². The van der Waals surface area contributed by atoms with Crippen molar-refractivity contribution in [3.8, 4) is 0 Å². The SMILES string of the molecule is CC(C)c1sccc1N. The van der Waals surface area contributed by atoms with Crippen LogP contribution < -0.4 is 5.73 Å². The third-order valence-corrected chi connectivity index (χ3v) is 2.48. The summed E-state index contributed by atoms with van der Waals surface area (Å²) in [5, 5.41) is 2.03. The average molecular weight is 141 g/mol. The van der Waals surface area contributed by atoms with Crippen molar-refractivity contribution in [2.45, 2.75) is 19.8 Å². The fourth-order valence-corrected chi connectivity index (χ4v) is 1.64. The van der Waals surface area contributed by atoms with Crippen molar-refractivity contribution >= 4 is 17.0 Å². The number of anilines is 1. The molecule has 0 aliphatic rings. The Bertz CT molecular complexity index is 191. The predicted octanol–water partition coefficient (Wildman–Crippen LogP) is 2.45. The van der Waals surface area contributed by atoms with Gasteiger partial charge in [0.25, 0.3) is 0 Å². The lowest BCUT2D eigenvalue weighted by Gasteiger charge is -2.00. The Morgan fingerprint density at radius 3 is 2.44 bits per heavy atom. The van der Waals surface area contributed by atoms with E-state index >= 15 is 0 Å². The number of thiophene rings is 1. The van der Waals surface area contributed by atoms with Crippen LogP contribution in [0.15, 0.2) is 11.4 Å². The first-order valence-electron chi connectivity index (χ1n) is 3.04. The summed E-state index contributed by atoms with van der Waals surface area (Å²) in [6.45, 7) is 4.31. The molecule has 1 aromatic rings. The van der Waals surface area contributed by atoms with Gasteiger partial charge in [-0.25, -0.2) is 0 Å². The lowest BCUT2D eigenvalue weighted by Crippen LogP contribution is -1.89. The highest BCUT2D eigenvalue weighted by Crippen LogP contribution is 2.26. The highest BCUT2D eigenvalue weighted by molar-refractivity contribution is 7.10. The van der Waals surface area contributed by atoms with Gasteiger partial charge in [-0.1, -0.05) is 13.8 Å². The summed E-state index contributed by atoms with van der Waals surface area (Å²) in [5.41, 5.74) is 6.59. The number of nitrogen functional groups attached to an aromatic ring is 1. The van der Waals surface area contributed by atoms with E-state index in [1.807, 2.05) is 11.4 Å². The van der Waals surface area contributed by atoms with E-state index in [0.717, 1.165) is 5.69 Å². The molecule has 0 fully saturated rings. The van der Waals surface area contributed by atoms with Crippen molar-refractivity contribution in [2.24, 2.45) is 0 Å². The van der Waals surface area contributed by atoms with Crippen molar-refractivity contribution in [3.05, 3.63) is 16.3 Å². The summed E-state index contributed by atoms with van der Waals surface area (Å²) in [4.78, 5) is 1.30. The summed E-state index contributed by atoms with van der Waals surface area (Å²) in [7, 11) is 0. The molecule has 0 amide bonds. The molecule has 0 aliphatic carbocycles. The molecule has 50 valence electrons. The maximum atomic E-state index is 5.65. The van der Waals surface area contributed by atoms with E-state index in [1.54, 1.807) is 11.3 Å². The van der Waals surface area contributed by atoms with Gasteiger partial charge in [-0.05, 0) is 17.4 Å². The number of hydrogen-bond acceptors (Lipinski definition) is 2. The van der Waals surface area contributed by atoms with Crippen molar-refractivity contribution in [2.75, 3.05) is 5.73 Å². The molecule has 2 heteroatoms. The number of nitrogens with two attached hydrogens (primary N) is 1. The molecule has 1 nitrogen and oxygen atoms in total. The molecular weight excluding hydrogens is 130 g/mol. The van der Waals surface area contributed by atoms with Gasteiger partial charge in [-0.3, -0.25) is 0 Å². The van der Waals surface area contributed by atoms with Crippen LogP contribution in [0.2, 0.25) is 0 Å². The quantitative estimate of drug-likeness (QED) is 0.638. The fourth-order valence-electron chi connectivity index (χ4n) is 0.800. The standard InChI is InChI=1S/C7H11NS/c1-5(2)7-6(8)3-4-9-7/h3-5H,8H2,1-2H3. The Morgan fingerprint density at radius 2 is 2.22 bits per heavy atom. The van der Waals surface area contributed by atoms with Gasteiger partial charge in [0.2, 0.25) is 0 Å². The number of rotatable bonds is 1. The van der Waals surface area contributed by atoms with Crippen LogP contribution in [0, 0.1) is 0 Å².